The van der Waals surface area contributed by atoms with E-state index in [9.17, 15) is 28.8 Å². The van der Waals surface area contributed by atoms with Crippen LogP contribution >= 0.6 is 0 Å². The largest absolute Gasteiger partial charge is 0.496 e. The van der Waals surface area contributed by atoms with Crippen molar-refractivity contribution >= 4 is 35.3 Å². The van der Waals surface area contributed by atoms with E-state index in [1.54, 1.807) is 42.9 Å². The molecule has 1 aromatic heterocycles. The number of fused-ring (bicyclic) bond motifs is 2. The first-order valence-corrected chi connectivity index (χ1v) is 18.8. The van der Waals surface area contributed by atoms with Crippen LogP contribution in [0.4, 0.5) is 10.5 Å². The highest BCUT2D eigenvalue weighted by Gasteiger charge is 2.45. The van der Waals surface area contributed by atoms with Crippen molar-refractivity contribution < 1.29 is 42.9 Å². The molecule has 17 heteroatoms. The van der Waals surface area contributed by atoms with Crippen LogP contribution in [-0.2, 0) is 45.6 Å². The molecule has 57 heavy (non-hydrogen) atoms. The highest BCUT2D eigenvalue weighted by molar-refractivity contribution is 6.25. The van der Waals surface area contributed by atoms with Crippen molar-refractivity contribution in [3.8, 4) is 22.6 Å². The Morgan fingerprint density at radius 1 is 0.895 bits per heavy atom. The minimum absolute atomic E-state index is 0.0471. The fourth-order valence-electron chi connectivity index (χ4n) is 7.42. The molecule has 1 fully saturated rings. The van der Waals surface area contributed by atoms with Crippen molar-refractivity contribution in [2.75, 3.05) is 79.7 Å². The average Bonchev–Trinajstić information content (AvgIpc) is 3.45. The van der Waals surface area contributed by atoms with Crippen molar-refractivity contribution in [3.05, 3.63) is 74.7 Å². The Morgan fingerprint density at radius 3 is 2.26 bits per heavy atom. The predicted octanol–water partition coefficient (Wildman–Crippen LogP) is 1.75. The van der Waals surface area contributed by atoms with Gasteiger partial charge in [-0.1, -0.05) is 6.07 Å². The monoisotopic (exact) mass is 787 g/mol. The number of benzene rings is 2. The van der Waals surface area contributed by atoms with Gasteiger partial charge in [0.25, 0.3) is 17.4 Å². The third-order valence-electron chi connectivity index (χ3n) is 10.2. The summed E-state index contributed by atoms with van der Waals surface area (Å²) in [7, 11) is 8.91. The lowest BCUT2D eigenvalue weighted by molar-refractivity contribution is -0.136. The molecule has 2 aromatic carbocycles. The molecule has 0 radical (unpaired) electrons. The van der Waals surface area contributed by atoms with Crippen LogP contribution in [0.3, 0.4) is 0 Å². The van der Waals surface area contributed by atoms with E-state index in [2.05, 4.69) is 16.0 Å². The van der Waals surface area contributed by atoms with Gasteiger partial charge in [0.2, 0.25) is 11.8 Å². The molecule has 3 aliphatic rings. The lowest BCUT2D eigenvalue weighted by Crippen LogP contribution is -2.54. The zero-order chi connectivity index (χ0) is 40.8. The van der Waals surface area contributed by atoms with Crippen LogP contribution in [0.15, 0.2) is 41.3 Å². The number of methoxy groups -OCH3 is 2. The van der Waals surface area contributed by atoms with E-state index in [1.165, 1.54) is 6.07 Å². The number of anilines is 1. The first-order valence-electron chi connectivity index (χ1n) is 18.8. The van der Waals surface area contributed by atoms with Gasteiger partial charge in [-0.2, -0.15) is 0 Å². The minimum atomic E-state index is -1.04. The highest BCUT2D eigenvalue weighted by atomic mass is 16.5. The summed E-state index contributed by atoms with van der Waals surface area (Å²) in [6.07, 6.45) is 2.46. The summed E-state index contributed by atoms with van der Waals surface area (Å²) in [5.41, 5.74) is 4.82. The molecule has 1 atom stereocenters. The Balaban J connectivity index is 0.933. The molecule has 0 saturated carbocycles. The van der Waals surface area contributed by atoms with Gasteiger partial charge in [0.1, 0.15) is 17.5 Å². The number of carbonyl (C=O) groups excluding carboxylic acids is 5. The maximum Gasteiger partial charge on any atom is 0.317 e. The van der Waals surface area contributed by atoms with E-state index < -0.39 is 29.7 Å². The molecule has 0 bridgehead atoms. The summed E-state index contributed by atoms with van der Waals surface area (Å²) >= 11 is 0. The molecule has 3 aromatic rings. The maximum absolute atomic E-state index is 13.3. The summed E-state index contributed by atoms with van der Waals surface area (Å²) in [5.74, 6) is -0.866. The van der Waals surface area contributed by atoms with Gasteiger partial charge in [-0.05, 0) is 62.3 Å². The van der Waals surface area contributed by atoms with Gasteiger partial charge < -0.3 is 43.9 Å². The van der Waals surface area contributed by atoms with E-state index in [0.29, 0.717) is 48.8 Å². The summed E-state index contributed by atoms with van der Waals surface area (Å²) in [4.78, 5) is 81.2. The van der Waals surface area contributed by atoms with Crippen molar-refractivity contribution in [3.63, 3.8) is 0 Å². The molecule has 1 unspecified atom stereocenters. The molecule has 17 nitrogen and oxygen atoms in total. The van der Waals surface area contributed by atoms with E-state index in [-0.39, 0.29) is 75.1 Å². The predicted molar refractivity (Wildman–Crippen MR) is 208 cm³/mol. The van der Waals surface area contributed by atoms with Gasteiger partial charge in [-0.3, -0.25) is 34.2 Å². The van der Waals surface area contributed by atoms with Gasteiger partial charge in [-0.25, -0.2) is 4.79 Å². The summed E-state index contributed by atoms with van der Waals surface area (Å²) in [5, 5.41) is 8.20. The lowest BCUT2D eigenvalue weighted by atomic mass is 9.91. The van der Waals surface area contributed by atoms with Crippen molar-refractivity contribution in [1.82, 2.24) is 29.9 Å². The number of rotatable bonds is 16. The fraction of sp³-hybridized carbons (Fsp3) is 0.450. The molecule has 3 N–H and O–H groups in total. The Kier molecular flexibility index (Phi) is 12.9. The number of imide groups is 2. The quantitative estimate of drug-likeness (QED) is 0.141. The van der Waals surface area contributed by atoms with Crippen LogP contribution in [0, 0.1) is 0 Å². The van der Waals surface area contributed by atoms with Gasteiger partial charge in [0, 0.05) is 62.7 Å². The van der Waals surface area contributed by atoms with E-state index in [0.717, 1.165) is 27.2 Å². The van der Waals surface area contributed by atoms with E-state index in [1.807, 2.05) is 37.3 Å². The van der Waals surface area contributed by atoms with Crippen molar-refractivity contribution in [2.45, 2.75) is 38.4 Å². The SMILES string of the molecule is COc1cc(-c2cn(C)c(=O)c3c2CCN(C(=O)NCCOCCOCCNc2cccc4c2C(=O)N(C2CCC(=O)NC2=O)C4=O)C3)cc(OC)c1CN(C)C. The normalized spacial score (nSPS) is 16.4. The second-order valence-electron chi connectivity index (χ2n) is 14.2. The standard InChI is InChI=1S/C40H49N7O10/c1-44(2)21-29-32(54-4)19-24(20-33(29)55-5)27-22-45(3)37(50)28-23-46(14-11-25(27)28)40(53)42-13-16-57-18-17-56-15-12-41-30-8-6-7-26-35(30)39(52)47(38(26)51)31-9-10-34(48)43-36(31)49/h6-8,19-20,22,31,41H,9-18,21,23H2,1-5H3,(H,42,53)(H,43,48,49). The molecule has 0 spiro atoms. The summed E-state index contributed by atoms with van der Waals surface area (Å²) < 4.78 is 24.3. The number of hydrogen-bond donors (Lipinski definition) is 3. The first-order chi connectivity index (χ1) is 27.4. The molecule has 6 rings (SSSR count). The van der Waals surface area contributed by atoms with Crippen LogP contribution in [0.25, 0.3) is 11.1 Å². The van der Waals surface area contributed by atoms with Crippen LogP contribution < -0.4 is 31.0 Å². The van der Waals surface area contributed by atoms with Crippen LogP contribution in [0.1, 0.15) is 50.2 Å². The molecule has 4 heterocycles. The van der Waals surface area contributed by atoms with Gasteiger partial charge in [0.05, 0.1) is 63.9 Å². The van der Waals surface area contributed by atoms with Crippen LogP contribution in [0.5, 0.6) is 11.5 Å². The summed E-state index contributed by atoms with van der Waals surface area (Å²) in [6, 6.07) is 7.47. The Morgan fingerprint density at radius 2 is 1.60 bits per heavy atom. The topological polar surface area (TPSA) is 190 Å². The zero-order valence-corrected chi connectivity index (χ0v) is 32.9. The third-order valence-corrected chi connectivity index (χ3v) is 10.2. The Bertz CT molecular complexity index is 2090. The van der Waals surface area contributed by atoms with Crippen molar-refractivity contribution in [2.24, 2.45) is 7.05 Å². The number of piperidine rings is 1. The molecular weight excluding hydrogens is 738 g/mol. The number of aromatic nitrogens is 1. The molecular formula is C40H49N7O10. The Labute approximate surface area is 330 Å². The maximum atomic E-state index is 13.3. The van der Waals surface area contributed by atoms with E-state index >= 15 is 0 Å². The van der Waals surface area contributed by atoms with Crippen LogP contribution in [0.2, 0.25) is 0 Å². The number of carbonyl (C=O) groups is 5. The summed E-state index contributed by atoms with van der Waals surface area (Å²) in [6.45, 7) is 2.94. The number of urea groups is 1. The average molecular weight is 788 g/mol. The molecule has 6 amide bonds. The minimum Gasteiger partial charge on any atom is -0.496 e. The number of nitrogens with one attached hydrogen (secondary N) is 3. The Hall–Kier alpha value is -5.78. The fourth-order valence-corrected chi connectivity index (χ4v) is 7.42. The smallest absolute Gasteiger partial charge is 0.317 e. The zero-order valence-electron chi connectivity index (χ0n) is 32.9. The second kappa shape index (κ2) is 18.0. The molecule has 0 aliphatic carbocycles. The van der Waals surface area contributed by atoms with Gasteiger partial charge >= 0.3 is 6.03 Å². The van der Waals surface area contributed by atoms with Crippen LogP contribution in [-0.4, -0.2) is 129 Å². The molecule has 3 aliphatic heterocycles. The molecule has 304 valence electrons. The number of nitrogens with zero attached hydrogens (tertiary/aromatic N) is 4. The number of aryl methyl sites for hydroxylation is 1. The second-order valence-corrected chi connectivity index (χ2v) is 14.2. The molecule has 1 saturated heterocycles. The number of hydrogen-bond acceptors (Lipinski definition) is 12. The van der Waals surface area contributed by atoms with Gasteiger partial charge in [-0.15, -0.1) is 0 Å². The first kappa shape index (κ1) is 40.9. The number of pyridine rings is 1. The highest BCUT2D eigenvalue weighted by Crippen LogP contribution is 2.38. The van der Waals surface area contributed by atoms with Crippen molar-refractivity contribution in [1.29, 1.82) is 0 Å². The lowest BCUT2D eigenvalue weighted by Gasteiger charge is -2.30. The number of amides is 6. The van der Waals surface area contributed by atoms with E-state index in [4.69, 9.17) is 18.9 Å². The third kappa shape index (κ3) is 8.80. The number of ether oxygens (including phenoxy) is 4. The van der Waals surface area contributed by atoms with Gasteiger partial charge in [0.15, 0.2) is 0 Å².